The normalized spacial score (nSPS) is 11.0. The van der Waals surface area contributed by atoms with Gasteiger partial charge in [0.25, 0.3) is 0 Å². The Bertz CT molecular complexity index is 353. The van der Waals surface area contributed by atoms with E-state index >= 15 is 0 Å². The Hall–Kier alpha value is -0.580. The predicted molar refractivity (Wildman–Crippen MR) is 79.1 cm³/mol. The predicted octanol–water partition coefficient (Wildman–Crippen LogP) is 3.88. The van der Waals surface area contributed by atoms with Gasteiger partial charge in [0.05, 0.1) is 6.54 Å². The van der Waals surface area contributed by atoms with Crippen LogP contribution in [0.2, 0.25) is 0 Å². The molecule has 3 nitrogen and oxygen atoms in total. The summed E-state index contributed by atoms with van der Waals surface area (Å²) in [5.74, 6) is 0. The zero-order valence-corrected chi connectivity index (χ0v) is 13.1. The summed E-state index contributed by atoms with van der Waals surface area (Å²) in [4.78, 5) is 0. The first kappa shape index (κ1) is 15.5. The number of ether oxygens (including phenoxy) is 2. The molecule has 4 heteroatoms. The molecule has 0 fully saturated rings. The fraction of sp³-hybridized carbons (Fsp3) is 0.571. The lowest BCUT2D eigenvalue weighted by molar-refractivity contribution is -0.126. The lowest BCUT2D eigenvalue weighted by Gasteiger charge is -2.18. The second-order valence-electron chi connectivity index (χ2n) is 4.15. The summed E-state index contributed by atoms with van der Waals surface area (Å²) >= 11 is 3.57. The zero-order chi connectivity index (χ0) is 13.5. The van der Waals surface area contributed by atoms with Crippen molar-refractivity contribution < 1.29 is 9.47 Å². The molecule has 0 aliphatic heterocycles. The second kappa shape index (κ2) is 7.77. The van der Waals surface area contributed by atoms with Gasteiger partial charge in [-0.3, -0.25) is 0 Å². The van der Waals surface area contributed by atoms with E-state index in [1.54, 1.807) is 0 Å². The van der Waals surface area contributed by atoms with Crippen LogP contribution in [0.4, 0.5) is 5.69 Å². The molecule has 0 aliphatic carbocycles. The molecule has 0 atom stereocenters. The van der Waals surface area contributed by atoms with Crippen molar-refractivity contribution in [3.63, 3.8) is 0 Å². The fourth-order valence-electron chi connectivity index (χ4n) is 1.79. The monoisotopic (exact) mass is 315 g/mol. The van der Waals surface area contributed by atoms with Crippen LogP contribution in [0, 0.1) is 13.8 Å². The van der Waals surface area contributed by atoms with Crippen molar-refractivity contribution in [1.82, 2.24) is 0 Å². The summed E-state index contributed by atoms with van der Waals surface area (Å²) in [5, 5.41) is 3.35. The third-order valence-electron chi connectivity index (χ3n) is 2.61. The Labute approximate surface area is 118 Å². The molecule has 0 radical (unpaired) electrons. The Kier molecular flexibility index (Phi) is 6.68. The lowest BCUT2D eigenvalue weighted by Crippen LogP contribution is -2.26. The molecule has 0 bridgehead atoms. The molecule has 1 aromatic carbocycles. The SMILES string of the molecule is CCOC(CNc1cc(C)c(Br)c(C)c1)OCC. The van der Waals surface area contributed by atoms with Gasteiger partial charge in [-0.15, -0.1) is 0 Å². The van der Waals surface area contributed by atoms with Crippen LogP contribution in [0.15, 0.2) is 16.6 Å². The zero-order valence-electron chi connectivity index (χ0n) is 11.5. The number of hydrogen-bond donors (Lipinski definition) is 1. The van der Waals surface area contributed by atoms with E-state index in [2.05, 4.69) is 47.2 Å². The molecule has 1 aromatic rings. The van der Waals surface area contributed by atoms with Gasteiger partial charge in [0, 0.05) is 23.4 Å². The topological polar surface area (TPSA) is 30.5 Å². The molecule has 0 amide bonds. The first-order chi connectivity index (χ1) is 8.58. The van der Waals surface area contributed by atoms with Crippen LogP contribution in [0.3, 0.4) is 0 Å². The van der Waals surface area contributed by atoms with E-state index < -0.39 is 0 Å². The fourth-order valence-corrected chi connectivity index (χ4v) is 2.02. The van der Waals surface area contributed by atoms with Crippen molar-refractivity contribution in [2.75, 3.05) is 25.1 Å². The van der Waals surface area contributed by atoms with Gasteiger partial charge in [0.15, 0.2) is 6.29 Å². The minimum atomic E-state index is -0.191. The van der Waals surface area contributed by atoms with E-state index in [1.165, 1.54) is 15.6 Å². The largest absolute Gasteiger partial charge is 0.380 e. The van der Waals surface area contributed by atoms with E-state index in [1.807, 2.05) is 13.8 Å². The molecular formula is C14H22BrNO2. The maximum atomic E-state index is 5.49. The van der Waals surface area contributed by atoms with Gasteiger partial charge in [-0.05, 0) is 51.0 Å². The van der Waals surface area contributed by atoms with E-state index in [0.717, 1.165) is 5.69 Å². The number of rotatable bonds is 7. The van der Waals surface area contributed by atoms with E-state index in [-0.39, 0.29) is 6.29 Å². The maximum Gasteiger partial charge on any atom is 0.174 e. The van der Waals surface area contributed by atoms with Gasteiger partial charge in [0.2, 0.25) is 0 Å². The average Bonchev–Trinajstić information content (AvgIpc) is 2.33. The summed E-state index contributed by atoms with van der Waals surface area (Å²) in [6.07, 6.45) is -0.191. The Morgan fingerprint density at radius 1 is 1.11 bits per heavy atom. The summed E-state index contributed by atoms with van der Waals surface area (Å²) in [6.45, 7) is 10.1. The molecular weight excluding hydrogens is 294 g/mol. The molecule has 102 valence electrons. The summed E-state index contributed by atoms with van der Waals surface area (Å²) < 4.78 is 12.2. The van der Waals surface area contributed by atoms with E-state index in [0.29, 0.717) is 19.8 Å². The third-order valence-corrected chi connectivity index (χ3v) is 3.87. The Balaban J connectivity index is 2.61. The van der Waals surface area contributed by atoms with Crippen molar-refractivity contribution in [2.24, 2.45) is 0 Å². The second-order valence-corrected chi connectivity index (χ2v) is 4.94. The number of anilines is 1. The van der Waals surface area contributed by atoms with Crippen LogP contribution >= 0.6 is 15.9 Å². The molecule has 0 heterocycles. The number of benzene rings is 1. The van der Waals surface area contributed by atoms with Crippen molar-refractivity contribution in [1.29, 1.82) is 0 Å². The molecule has 0 aliphatic rings. The molecule has 0 spiro atoms. The molecule has 18 heavy (non-hydrogen) atoms. The van der Waals surface area contributed by atoms with Gasteiger partial charge in [0.1, 0.15) is 0 Å². The summed E-state index contributed by atoms with van der Waals surface area (Å²) in [7, 11) is 0. The van der Waals surface area contributed by atoms with Gasteiger partial charge in [-0.1, -0.05) is 15.9 Å². The highest BCUT2D eigenvalue weighted by molar-refractivity contribution is 9.10. The molecule has 0 unspecified atom stereocenters. The minimum absolute atomic E-state index is 0.191. The van der Waals surface area contributed by atoms with Crippen molar-refractivity contribution in [3.05, 3.63) is 27.7 Å². The quantitative estimate of drug-likeness (QED) is 0.775. The smallest absolute Gasteiger partial charge is 0.174 e. The van der Waals surface area contributed by atoms with Gasteiger partial charge in [-0.25, -0.2) is 0 Å². The summed E-state index contributed by atoms with van der Waals surface area (Å²) in [6, 6.07) is 4.23. The number of halogens is 1. The number of nitrogens with one attached hydrogen (secondary N) is 1. The minimum Gasteiger partial charge on any atom is -0.380 e. The third kappa shape index (κ3) is 4.59. The molecule has 0 saturated carbocycles. The molecule has 1 rings (SSSR count). The van der Waals surface area contributed by atoms with Crippen molar-refractivity contribution in [2.45, 2.75) is 34.0 Å². The van der Waals surface area contributed by atoms with E-state index in [9.17, 15) is 0 Å². The van der Waals surface area contributed by atoms with Crippen LogP contribution in [-0.2, 0) is 9.47 Å². The van der Waals surface area contributed by atoms with Crippen molar-refractivity contribution >= 4 is 21.6 Å². The lowest BCUT2D eigenvalue weighted by atomic mass is 10.1. The summed E-state index contributed by atoms with van der Waals surface area (Å²) in [5.41, 5.74) is 3.54. The molecule has 0 saturated heterocycles. The first-order valence-electron chi connectivity index (χ1n) is 6.32. The molecule has 1 N–H and O–H groups in total. The highest BCUT2D eigenvalue weighted by atomic mass is 79.9. The Morgan fingerprint density at radius 2 is 1.61 bits per heavy atom. The van der Waals surface area contributed by atoms with Gasteiger partial charge < -0.3 is 14.8 Å². The van der Waals surface area contributed by atoms with Crippen molar-refractivity contribution in [3.8, 4) is 0 Å². The van der Waals surface area contributed by atoms with Gasteiger partial charge >= 0.3 is 0 Å². The van der Waals surface area contributed by atoms with Crippen LogP contribution < -0.4 is 5.32 Å². The Morgan fingerprint density at radius 3 is 2.06 bits per heavy atom. The van der Waals surface area contributed by atoms with Crippen LogP contribution in [0.5, 0.6) is 0 Å². The maximum absolute atomic E-state index is 5.49. The van der Waals surface area contributed by atoms with E-state index in [4.69, 9.17) is 9.47 Å². The first-order valence-corrected chi connectivity index (χ1v) is 7.11. The van der Waals surface area contributed by atoms with Crippen LogP contribution in [0.1, 0.15) is 25.0 Å². The number of hydrogen-bond acceptors (Lipinski definition) is 3. The highest BCUT2D eigenvalue weighted by Gasteiger charge is 2.08. The molecule has 0 aromatic heterocycles. The van der Waals surface area contributed by atoms with Crippen LogP contribution in [-0.4, -0.2) is 26.0 Å². The number of aryl methyl sites for hydroxylation is 2. The highest BCUT2D eigenvalue weighted by Crippen LogP contribution is 2.24. The van der Waals surface area contributed by atoms with Crippen LogP contribution in [0.25, 0.3) is 0 Å². The average molecular weight is 316 g/mol. The standard InChI is InChI=1S/C14H22BrNO2/c1-5-17-13(18-6-2)9-16-12-7-10(3)14(15)11(4)8-12/h7-8,13,16H,5-6,9H2,1-4H3. The van der Waals surface area contributed by atoms with Gasteiger partial charge in [-0.2, -0.15) is 0 Å².